The molecule has 3 saturated carbocycles. The molecule has 4 rings (SSSR count). The van der Waals surface area contributed by atoms with Crippen LogP contribution in [0.4, 0.5) is 0 Å². The number of carbonyl (C=O) groups is 2. The molecular formula is C21H26O4. The Morgan fingerprint density at radius 1 is 1.04 bits per heavy atom. The Labute approximate surface area is 148 Å². The summed E-state index contributed by atoms with van der Waals surface area (Å²) in [5.74, 6) is 1.51. The molecule has 3 fully saturated rings. The fourth-order valence-electron chi connectivity index (χ4n) is 5.67. The minimum absolute atomic E-state index is 0.0370. The molecule has 0 spiro atoms. The Morgan fingerprint density at radius 3 is 2.56 bits per heavy atom. The number of carbonyl (C=O) groups excluding carboxylic acids is 1. The molecule has 0 saturated heterocycles. The number of benzene rings is 1. The van der Waals surface area contributed by atoms with Gasteiger partial charge < -0.3 is 9.84 Å². The molecule has 1 aromatic rings. The maximum Gasteiger partial charge on any atom is 0.309 e. The van der Waals surface area contributed by atoms with Gasteiger partial charge in [0.2, 0.25) is 0 Å². The predicted octanol–water partition coefficient (Wildman–Crippen LogP) is 4.21. The smallest absolute Gasteiger partial charge is 0.309 e. The zero-order chi connectivity index (χ0) is 17.4. The van der Waals surface area contributed by atoms with Gasteiger partial charge in [0.15, 0.2) is 0 Å². The Hall–Kier alpha value is -1.84. The van der Waals surface area contributed by atoms with E-state index >= 15 is 0 Å². The number of rotatable bonds is 5. The lowest BCUT2D eigenvalue weighted by Crippen LogP contribution is -2.45. The van der Waals surface area contributed by atoms with Gasteiger partial charge >= 0.3 is 11.9 Å². The van der Waals surface area contributed by atoms with Gasteiger partial charge in [-0.3, -0.25) is 9.59 Å². The first-order valence-electron chi connectivity index (χ1n) is 9.57. The molecule has 0 amide bonds. The summed E-state index contributed by atoms with van der Waals surface area (Å²) < 4.78 is 5.78. The number of fused-ring (bicyclic) bond motifs is 2. The highest BCUT2D eigenvalue weighted by Crippen LogP contribution is 2.55. The van der Waals surface area contributed by atoms with Crippen LogP contribution in [-0.4, -0.2) is 17.0 Å². The number of carboxylic acids is 1. The molecule has 1 N–H and O–H groups in total. The maximum absolute atomic E-state index is 13.0. The number of carboxylic acid groups (broad SMARTS) is 1. The fourth-order valence-corrected chi connectivity index (χ4v) is 5.67. The number of aliphatic carboxylic acids is 1. The Bertz CT molecular complexity index is 635. The molecule has 6 atom stereocenters. The molecule has 3 aliphatic rings. The molecule has 0 radical (unpaired) electrons. The SMILES string of the molecule is O=C(O)CC(OC(=O)C1CC2CC3CCC1C(C3)C2)c1ccccc1. The van der Waals surface area contributed by atoms with E-state index in [1.54, 1.807) is 0 Å². The third kappa shape index (κ3) is 3.44. The average molecular weight is 342 g/mol. The second-order valence-corrected chi connectivity index (χ2v) is 8.22. The highest BCUT2D eigenvalue weighted by molar-refractivity contribution is 5.74. The van der Waals surface area contributed by atoms with Gasteiger partial charge in [0.25, 0.3) is 0 Å². The van der Waals surface area contributed by atoms with Crippen molar-refractivity contribution in [1.82, 2.24) is 0 Å². The quantitative estimate of drug-likeness (QED) is 0.814. The summed E-state index contributed by atoms with van der Waals surface area (Å²) in [4.78, 5) is 24.2. The summed E-state index contributed by atoms with van der Waals surface area (Å²) in [6.07, 6.45) is 6.28. The zero-order valence-electron chi connectivity index (χ0n) is 14.5. The first-order chi connectivity index (χ1) is 12.1. The molecule has 4 heteroatoms. The Balaban J connectivity index is 1.50. The van der Waals surface area contributed by atoms with E-state index in [9.17, 15) is 14.7 Å². The topological polar surface area (TPSA) is 63.6 Å². The summed E-state index contributed by atoms with van der Waals surface area (Å²) >= 11 is 0. The average Bonchev–Trinajstić information content (AvgIpc) is 2.59. The van der Waals surface area contributed by atoms with E-state index < -0.39 is 12.1 Å². The van der Waals surface area contributed by atoms with Crippen LogP contribution in [0.25, 0.3) is 0 Å². The van der Waals surface area contributed by atoms with Crippen molar-refractivity contribution in [2.75, 3.05) is 0 Å². The number of ether oxygens (including phenoxy) is 1. The van der Waals surface area contributed by atoms with Crippen molar-refractivity contribution in [2.24, 2.45) is 29.6 Å². The van der Waals surface area contributed by atoms with E-state index in [0.717, 1.165) is 24.3 Å². The van der Waals surface area contributed by atoms with Crippen LogP contribution in [0.15, 0.2) is 30.3 Å². The van der Waals surface area contributed by atoms with Crippen LogP contribution in [0.3, 0.4) is 0 Å². The molecule has 134 valence electrons. The summed E-state index contributed by atoms with van der Waals surface area (Å²) in [6.45, 7) is 0. The third-order valence-corrected chi connectivity index (χ3v) is 6.65. The standard InChI is InChI=1S/C21H26O4/c22-20(23)12-19(15-4-2-1-3-5-15)25-21(24)18-11-14-8-13-6-7-17(18)16(9-13)10-14/h1-5,13-14,16-19H,6-12H2,(H,22,23). The van der Waals surface area contributed by atoms with E-state index in [-0.39, 0.29) is 18.3 Å². The lowest BCUT2D eigenvalue weighted by atomic mass is 9.54. The van der Waals surface area contributed by atoms with E-state index in [1.165, 1.54) is 25.7 Å². The van der Waals surface area contributed by atoms with Gasteiger partial charge in [-0.25, -0.2) is 0 Å². The second kappa shape index (κ2) is 6.81. The zero-order valence-corrected chi connectivity index (χ0v) is 14.5. The molecule has 4 nitrogen and oxygen atoms in total. The predicted molar refractivity (Wildman–Crippen MR) is 92.7 cm³/mol. The Kier molecular flexibility index (Phi) is 4.53. The summed E-state index contributed by atoms with van der Waals surface area (Å²) in [5.41, 5.74) is 0.762. The second-order valence-electron chi connectivity index (χ2n) is 8.22. The van der Waals surface area contributed by atoms with E-state index in [0.29, 0.717) is 17.8 Å². The monoisotopic (exact) mass is 342 g/mol. The number of esters is 1. The van der Waals surface area contributed by atoms with Crippen LogP contribution in [0.5, 0.6) is 0 Å². The molecule has 3 aliphatic carbocycles. The van der Waals surface area contributed by atoms with Crippen molar-refractivity contribution in [3.8, 4) is 0 Å². The van der Waals surface area contributed by atoms with Gasteiger partial charge in [-0.2, -0.15) is 0 Å². The van der Waals surface area contributed by atoms with Crippen LogP contribution >= 0.6 is 0 Å². The number of hydrogen-bond donors (Lipinski definition) is 1. The van der Waals surface area contributed by atoms with Crippen LogP contribution in [0.2, 0.25) is 0 Å². The molecule has 1 aromatic carbocycles. The summed E-state index contributed by atoms with van der Waals surface area (Å²) in [5, 5.41) is 9.21. The van der Waals surface area contributed by atoms with Gasteiger partial charge in [-0.1, -0.05) is 36.8 Å². The van der Waals surface area contributed by atoms with Crippen molar-refractivity contribution in [3.05, 3.63) is 35.9 Å². The normalized spacial score (nSPS) is 34.3. The van der Waals surface area contributed by atoms with Crippen molar-refractivity contribution < 1.29 is 19.4 Å². The first kappa shape index (κ1) is 16.6. The third-order valence-electron chi connectivity index (χ3n) is 6.65. The van der Waals surface area contributed by atoms with E-state index in [4.69, 9.17) is 4.74 Å². The number of hydrogen-bond acceptors (Lipinski definition) is 3. The maximum atomic E-state index is 13.0. The fraction of sp³-hybridized carbons (Fsp3) is 0.619. The molecule has 25 heavy (non-hydrogen) atoms. The van der Waals surface area contributed by atoms with E-state index in [2.05, 4.69) is 0 Å². The highest BCUT2D eigenvalue weighted by atomic mass is 16.5. The molecular weight excluding hydrogens is 316 g/mol. The molecule has 0 heterocycles. The minimum Gasteiger partial charge on any atom is -0.481 e. The lowest BCUT2D eigenvalue weighted by Gasteiger charge is -2.51. The van der Waals surface area contributed by atoms with Crippen molar-refractivity contribution in [1.29, 1.82) is 0 Å². The van der Waals surface area contributed by atoms with Gasteiger partial charge in [-0.05, 0) is 61.3 Å². The lowest BCUT2D eigenvalue weighted by molar-refractivity contribution is -0.165. The van der Waals surface area contributed by atoms with Crippen LogP contribution in [0, 0.1) is 29.6 Å². The Morgan fingerprint density at radius 2 is 1.80 bits per heavy atom. The minimum atomic E-state index is -0.942. The first-order valence-corrected chi connectivity index (χ1v) is 9.57. The van der Waals surface area contributed by atoms with Gasteiger partial charge in [-0.15, -0.1) is 0 Å². The summed E-state index contributed by atoms with van der Waals surface area (Å²) in [7, 11) is 0. The highest BCUT2D eigenvalue weighted by Gasteiger charge is 2.48. The van der Waals surface area contributed by atoms with Crippen LogP contribution < -0.4 is 0 Å². The molecule has 0 aliphatic heterocycles. The largest absolute Gasteiger partial charge is 0.481 e. The van der Waals surface area contributed by atoms with Gasteiger partial charge in [0.05, 0.1) is 12.3 Å². The van der Waals surface area contributed by atoms with Gasteiger partial charge in [0.1, 0.15) is 6.10 Å². The van der Waals surface area contributed by atoms with Crippen molar-refractivity contribution in [3.63, 3.8) is 0 Å². The van der Waals surface area contributed by atoms with Gasteiger partial charge in [0, 0.05) is 0 Å². The van der Waals surface area contributed by atoms with Crippen molar-refractivity contribution in [2.45, 2.75) is 51.0 Å². The van der Waals surface area contributed by atoms with Crippen LogP contribution in [0.1, 0.15) is 56.6 Å². The summed E-state index contributed by atoms with van der Waals surface area (Å²) in [6, 6.07) is 9.25. The molecule has 3 bridgehead atoms. The van der Waals surface area contributed by atoms with Crippen molar-refractivity contribution >= 4 is 11.9 Å². The van der Waals surface area contributed by atoms with E-state index in [1.807, 2.05) is 30.3 Å². The molecule has 6 unspecified atom stereocenters. The molecule has 0 aromatic heterocycles. The van der Waals surface area contributed by atoms with Crippen LogP contribution in [-0.2, 0) is 14.3 Å².